The normalized spacial score (nSPS) is 11.9. The monoisotopic (exact) mass is 262 g/mol. The van der Waals surface area contributed by atoms with Gasteiger partial charge in [-0.15, -0.1) is 11.6 Å². The van der Waals surface area contributed by atoms with Crippen LogP contribution in [-0.2, 0) is 0 Å². The maximum Gasteiger partial charge on any atom is 0.214 e. The van der Waals surface area contributed by atoms with Crippen molar-refractivity contribution in [2.45, 2.75) is 6.04 Å². The number of alkyl halides is 1. The molecule has 2 aromatic rings. The van der Waals surface area contributed by atoms with Crippen molar-refractivity contribution in [3.05, 3.63) is 54.1 Å². The van der Waals surface area contributed by atoms with Crippen molar-refractivity contribution in [1.29, 1.82) is 0 Å². The van der Waals surface area contributed by atoms with Crippen LogP contribution in [0.1, 0.15) is 11.6 Å². The van der Waals surface area contributed by atoms with Crippen LogP contribution in [0.4, 0.5) is 5.82 Å². The third-order valence-electron chi connectivity index (χ3n) is 2.61. The molecule has 2 rings (SSSR count). The zero-order valence-corrected chi connectivity index (χ0v) is 10.9. The summed E-state index contributed by atoms with van der Waals surface area (Å²) < 4.78 is 5.09. The highest BCUT2D eigenvalue weighted by atomic mass is 35.5. The molecule has 0 fully saturated rings. The molecule has 1 unspecified atom stereocenters. The Hall–Kier alpha value is -1.74. The molecule has 0 saturated carbocycles. The molecule has 0 radical (unpaired) electrons. The standard InChI is InChI=1S/C14H15ClN2O/c1-18-14-9-5-8-13(17-14)16-12(10-15)11-6-3-2-4-7-11/h2-9,12H,10H2,1H3,(H,16,17). The fourth-order valence-electron chi connectivity index (χ4n) is 1.68. The molecule has 0 bridgehead atoms. The van der Waals surface area contributed by atoms with Crippen LogP contribution in [0, 0.1) is 0 Å². The number of rotatable bonds is 5. The lowest BCUT2D eigenvalue weighted by Gasteiger charge is -2.17. The minimum atomic E-state index is 0.0347. The van der Waals surface area contributed by atoms with Gasteiger partial charge in [-0.05, 0) is 11.6 Å². The summed E-state index contributed by atoms with van der Waals surface area (Å²) in [6, 6.07) is 15.7. The first-order valence-corrected chi connectivity index (χ1v) is 6.25. The van der Waals surface area contributed by atoms with E-state index in [1.54, 1.807) is 7.11 Å². The Balaban J connectivity index is 2.15. The van der Waals surface area contributed by atoms with Crippen molar-refractivity contribution in [3.63, 3.8) is 0 Å². The van der Waals surface area contributed by atoms with Crippen molar-refractivity contribution in [1.82, 2.24) is 4.98 Å². The highest BCUT2D eigenvalue weighted by molar-refractivity contribution is 6.18. The second-order valence-corrected chi connectivity index (χ2v) is 4.14. The Bertz CT molecular complexity index is 490. The molecule has 1 N–H and O–H groups in total. The summed E-state index contributed by atoms with van der Waals surface area (Å²) in [5, 5.41) is 3.30. The van der Waals surface area contributed by atoms with Crippen LogP contribution in [0.3, 0.4) is 0 Å². The van der Waals surface area contributed by atoms with Crippen molar-refractivity contribution in [2.75, 3.05) is 18.3 Å². The molecule has 18 heavy (non-hydrogen) atoms. The molecule has 1 aromatic heterocycles. The van der Waals surface area contributed by atoms with Crippen LogP contribution < -0.4 is 10.1 Å². The van der Waals surface area contributed by atoms with Gasteiger partial charge in [-0.25, -0.2) is 0 Å². The van der Waals surface area contributed by atoms with Gasteiger partial charge in [0, 0.05) is 11.9 Å². The molecule has 0 saturated heterocycles. The quantitative estimate of drug-likeness (QED) is 0.838. The average molecular weight is 263 g/mol. The summed E-state index contributed by atoms with van der Waals surface area (Å²) in [6.07, 6.45) is 0. The van der Waals surface area contributed by atoms with Gasteiger partial charge in [-0.2, -0.15) is 4.98 Å². The zero-order valence-electron chi connectivity index (χ0n) is 10.1. The number of aromatic nitrogens is 1. The van der Waals surface area contributed by atoms with E-state index in [4.69, 9.17) is 16.3 Å². The van der Waals surface area contributed by atoms with Gasteiger partial charge < -0.3 is 10.1 Å². The molecule has 1 heterocycles. The molecule has 4 heteroatoms. The fraction of sp³-hybridized carbons (Fsp3) is 0.214. The number of methoxy groups -OCH3 is 1. The van der Waals surface area contributed by atoms with Gasteiger partial charge in [0.05, 0.1) is 13.2 Å². The average Bonchev–Trinajstić information content (AvgIpc) is 2.46. The van der Waals surface area contributed by atoms with Crippen molar-refractivity contribution < 1.29 is 4.74 Å². The minimum Gasteiger partial charge on any atom is -0.481 e. The van der Waals surface area contributed by atoms with Gasteiger partial charge in [0.1, 0.15) is 5.82 Å². The summed E-state index contributed by atoms with van der Waals surface area (Å²) in [5.74, 6) is 1.81. The van der Waals surface area contributed by atoms with Crippen LogP contribution in [0.15, 0.2) is 48.5 Å². The van der Waals surface area contributed by atoms with E-state index in [0.29, 0.717) is 11.8 Å². The molecule has 0 aliphatic carbocycles. The summed E-state index contributed by atoms with van der Waals surface area (Å²) in [7, 11) is 1.60. The molecule has 1 aromatic carbocycles. The largest absolute Gasteiger partial charge is 0.481 e. The number of halogens is 1. The first-order valence-electron chi connectivity index (χ1n) is 5.72. The third kappa shape index (κ3) is 3.14. The summed E-state index contributed by atoms with van der Waals surface area (Å²) in [4.78, 5) is 4.31. The zero-order chi connectivity index (χ0) is 12.8. The smallest absolute Gasteiger partial charge is 0.214 e. The first kappa shape index (κ1) is 12.7. The van der Waals surface area contributed by atoms with Gasteiger partial charge in [-0.1, -0.05) is 36.4 Å². The van der Waals surface area contributed by atoms with Crippen molar-refractivity contribution >= 4 is 17.4 Å². The highest BCUT2D eigenvalue weighted by Gasteiger charge is 2.10. The maximum absolute atomic E-state index is 6.00. The molecule has 1 atom stereocenters. The lowest BCUT2D eigenvalue weighted by atomic mass is 10.1. The van der Waals surface area contributed by atoms with Crippen LogP contribution in [0.25, 0.3) is 0 Å². The summed E-state index contributed by atoms with van der Waals surface area (Å²) in [6.45, 7) is 0. The highest BCUT2D eigenvalue weighted by Crippen LogP contribution is 2.20. The molecular formula is C14H15ClN2O. The van der Waals surface area contributed by atoms with Gasteiger partial charge in [0.25, 0.3) is 0 Å². The molecule has 0 aliphatic rings. The van der Waals surface area contributed by atoms with E-state index < -0.39 is 0 Å². The lowest BCUT2D eigenvalue weighted by molar-refractivity contribution is 0.398. The van der Waals surface area contributed by atoms with E-state index in [0.717, 1.165) is 11.4 Å². The molecule has 3 nitrogen and oxygen atoms in total. The molecule has 0 spiro atoms. The fourth-order valence-corrected chi connectivity index (χ4v) is 1.94. The summed E-state index contributed by atoms with van der Waals surface area (Å²) in [5.41, 5.74) is 1.14. The van der Waals surface area contributed by atoms with Gasteiger partial charge in [0.15, 0.2) is 0 Å². The second-order valence-electron chi connectivity index (χ2n) is 3.83. The Morgan fingerprint density at radius 3 is 2.61 bits per heavy atom. The van der Waals surface area contributed by atoms with Crippen molar-refractivity contribution in [2.24, 2.45) is 0 Å². The minimum absolute atomic E-state index is 0.0347. The number of pyridine rings is 1. The van der Waals surface area contributed by atoms with E-state index in [1.165, 1.54) is 0 Å². The molecule has 0 amide bonds. The van der Waals surface area contributed by atoms with Gasteiger partial charge >= 0.3 is 0 Å². The predicted octanol–water partition coefficient (Wildman–Crippen LogP) is 3.48. The van der Waals surface area contributed by atoms with E-state index in [9.17, 15) is 0 Å². The number of hydrogen-bond acceptors (Lipinski definition) is 3. The number of hydrogen-bond donors (Lipinski definition) is 1. The van der Waals surface area contributed by atoms with Crippen molar-refractivity contribution in [3.8, 4) is 5.88 Å². The van der Waals surface area contributed by atoms with Crippen LogP contribution in [0.2, 0.25) is 0 Å². The number of benzene rings is 1. The summed E-state index contributed by atoms with van der Waals surface area (Å²) >= 11 is 6.00. The van der Waals surface area contributed by atoms with E-state index in [2.05, 4.69) is 10.3 Å². The SMILES string of the molecule is COc1cccc(NC(CCl)c2ccccc2)n1. The maximum atomic E-state index is 6.00. The Labute approximate surface area is 112 Å². The van der Waals surface area contributed by atoms with Gasteiger partial charge in [0.2, 0.25) is 5.88 Å². The van der Waals surface area contributed by atoms with E-state index in [1.807, 2.05) is 48.5 Å². The number of ether oxygens (including phenoxy) is 1. The third-order valence-corrected chi connectivity index (χ3v) is 2.92. The molecular weight excluding hydrogens is 248 g/mol. The van der Waals surface area contributed by atoms with Crippen LogP contribution in [-0.4, -0.2) is 18.0 Å². The second kappa shape index (κ2) is 6.26. The van der Waals surface area contributed by atoms with Crippen LogP contribution >= 0.6 is 11.6 Å². The Morgan fingerprint density at radius 2 is 1.94 bits per heavy atom. The van der Waals surface area contributed by atoms with Crippen LogP contribution in [0.5, 0.6) is 5.88 Å². The molecule has 0 aliphatic heterocycles. The number of anilines is 1. The Kier molecular flexibility index (Phi) is 4.42. The van der Waals surface area contributed by atoms with E-state index >= 15 is 0 Å². The predicted molar refractivity (Wildman–Crippen MR) is 74.3 cm³/mol. The Morgan fingerprint density at radius 1 is 1.17 bits per heavy atom. The number of nitrogens with one attached hydrogen (secondary N) is 1. The topological polar surface area (TPSA) is 34.1 Å². The lowest BCUT2D eigenvalue weighted by Crippen LogP contribution is -2.13. The van der Waals surface area contributed by atoms with Gasteiger partial charge in [-0.3, -0.25) is 0 Å². The molecule has 94 valence electrons. The first-order chi connectivity index (χ1) is 8.83. The van der Waals surface area contributed by atoms with E-state index in [-0.39, 0.29) is 6.04 Å². The number of nitrogens with zero attached hydrogens (tertiary/aromatic N) is 1.